The van der Waals surface area contributed by atoms with Crippen LogP contribution in [-0.4, -0.2) is 13.0 Å². The Morgan fingerprint density at radius 2 is 1.57 bits per heavy atom. The molecule has 0 aromatic heterocycles. The summed E-state index contributed by atoms with van der Waals surface area (Å²) in [4.78, 5) is 0. The van der Waals surface area contributed by atoms with E-state index in [1.165, 1.54) is 42.5 Å². The van der Waals surface area contributed by atoms with E-state index in [-0.39, 0.29) is 24.6 Å². The summed E-state index contributed by atoms with van der Waals surface area (Å²) in [6, 6.07) is 11.3. The SMILES string of the molecule is Fc1ccc(OCCc2ccccc2OC(F)(F)F)cc1. The molecule has 0 atom stereocenters. The lowest BCUT2D eigenvalue weighted by Crippen LogP contribution is -2.18. The van der Waals surface area contributed by atoms with Crippen molar-refractivity contribution in [2.45, 2.75) is 12.8 Å². The fourth-order valence-electron chi connectivity index (χ4n) is 1.74. The van der Waals surface area contributed by atoms with Crippen LogP contribution in [0.4, 0.5) is 17.6 Å². The van der Waals surface area contributed by atoms with Crippen molar-refractivity contribution in [3.05, 3.63) is 59.9 Å². The molecule has 2 nitrogen and oxygen atoms in total. The molecule has 0 spiro atoms. The maximum absolute atomic E-state index is 12.7. The molecule has 0 fully saturated rings. The van der Waals surface area contributed by atoms with Crippen LogP contribution in [0.2, 0.25) is 0 Å². The highest BCUT2D eigenvalue weighted by molar-refractivity contribution is 5.33. The highest BCUT2D eigenvalue weighted by atomic mass is 19.4. The highest BCUT2D eigenvalue weighted by Gasteiger charge is 2.31. The van der Waals surface area contributed by atoms with Crippen LogP contribution >= 0.6 is 0 Å². The van der Waals surface area contributed by atoms with Gasteiger partial charge in [-0.05, 0) is 35.9 Å². The van der Waals surface area contributed by atoms with E-state index < -0.39 is 6.36 Å². The quantitative estimate of drug-likeness (QED) is 0.764. The van der Waals surface area contributed by atoms with E-state index in [1.807, 2.05) is 0 Å². The first-order valence-electron chi connectivity index (χ1n) is 6.16. The van der Waals surface area contributed by atoms with Gasteiger partial charge >= 0.3 is 6.36 Å². The predicted molar refractivity (Wildman–Crippen MR) is 68.7 cm³/mol. The second kappa shape index (κ2) is 6.47. The fourth-order valence-corrected chi connectivity index (χ4v) is 1.74. The predicted octanol–water partition coefficient (Wildman–Crippen LogP) is 4.35. The van der Waals surface area contributed by atoms with Gasteiger partial charge in [0.05, 0.1) is 6.61 Å². The van der Waals surface area contributed by atoms with Gasteiger partial charge in [-0.25, -0.2) is 4.39 Å². The lowest BCUT2D eigenvalue weighted by Gasteiger charge is -2.13. The van der Waals surface area contributed by atoms with Gasteiger partial charge in [0.1, 0.15) is 17.3 Å². The summed E-state index contributed by atoms with van der Waals surface area (Å²) < 4.78 is 58.8. The Morgan fingerprint density at radius 1 is 0.905 bits per heavy atom. The molecule has 0 radical (unpaired) electrons. The van der Waals surface area contributed by atoms with E-state index >= 15 is 0 Å². The number of hydrogen-bond acceptors (Lipinski definition) is 2. The van der Waals surface area contributed by atoms with E-state index in [9.17, 15) is 17.6 Å². The second-order valence-electron chi connectivity index (χ2n) is 4.21. The van der Waals surface area contributed by atoms with Crippen molar-refractivity contribution >= 4 is 0 Å². The number of hydrogen-bond donors (Lipinski definition) is 0. The van der Waals surface area contributed by atoms with Crippen LogP contribution in [0, 0.1) is 5.82 Å². The van der Waals surface area contributed by atoms with Crippen molar-refractivity contribution in [3.8, 4) is 11.5 Å². The minimum absolute atomic E-state index is 0.157. The van der Waals surface area contributed by atoms with Gasteiger partial charge in [-0.1, -0.05) is 18.2 Å². The first kappa shape index (κ1) is 15.2. The Balaban J connectivity index is 1.95. The first-order chi connectivity index (χ1) is 9.94. The van der Waals surface area contributed by atoms with Crippen molar-refractivity contribution in [1.29, 1.82) is 0 Å². The Hall–Kier alpha value is -2.24. The average molecular weight is 300 g/mol. The average Bonchev–Trinajstić information content (AvgIpc) is 2.41. The third-order valence-electron chi connectivity index (χ3n) is 2.65. The molecule has 0 amide bonds. The minimum atomic E-state index is -4.73. The standard InChI is InChI=1S/C15H12F4O2/c16-12-5-7-13(8-6-12)20-10-9-11-3-1-2-4-14(11)21-15(17,18)19/h1-8H,9-10H2. The van der Waals surface area contributed by atoms with Crippen molar-refractivity contribution in [2.75, 3.05) is 6.61 Å². The molecule has 0 N–H and O–H groups in total. The molecule has 0 unspecified atom stereocenters. The van der Waals surface area contributed by atoms with Gasteiger partial charge in [-0.3, -0.25) is 0 Å². The van der Waals surface area contributed by atoms with E-state index in [0.717, 1.165) is 0 Å². The topological polar surface area (TPSA) is 18.5 Å². The Labute approximate surface area is 118 Å². The summed E-state index contributed by atoms with van der Waals surface area (Å²) in [5, 5.41) is 0. The molecule has 2 rings (SSSR count). The van der Waals surface area contributed by atoms with Crippen molar-refractivity contribution in [3.63, 3.8) is 0 Å². The summed E-state index contributed by atoms with van der Waals surface area (Å²) in [7, 11) is 0. The number of benzene rings is 2. The van der Waals surface area contributed by atoms with E-state index in [0.29, 0.717) is 11.3 Å². The number of ether oxygens (including phenoxy) is 2. The van der Waals surface area contributed by atoms with E-state index in [1.54, 1.807) is 6.07 Å². The van der Waals surface area contributed by atoms with Crippen LogP contribution < -0.4 is 9.47 Å². The molecule has 2 aromatic carbocycles. The van der Waals surface area contributed by atoms with Gasteiger partial charge in [0, 0.05) is 6.42 Å². The Morgan fingerprint density at radius 3 is 2.24 bits per heavy atom. The van der Waals surface area contributed by atoms with Crippen LogP contribution in [0.25, 0.3) is 0 Å². The molecule has 0 saturated carbocycles. The summed E-state index contributed by atoms with van der Waals surface area (Å²) in [5.41, 5.74) is 0.386. The van der Waals surface area contributed by atoms with Gasteiger partial charge < -0.3 is 9.47 Å². The van der Waals surface area contributed by atoms with Crippen LogP contribution in [0.15, 0.2) is 48.5 Å². The number of halogens is 4. The van der Waals surface area contributed by atoms with Crippen molar-refractivity contribution in [2.24, 2.45) is 0 Å². The monoisotopic (exact) mass is 300 g/mol. The van der Waals surface area contributed by atoms with Crippen LogP contribution in [0.5, 0.6) is 11.5 Å². The molecule has 0 aliphatic rings. The van der Waals surface area contributed by atoms with Crippen molar-refractivity contribution < 1.29 is 27.0 Å². The number of alkyl halides is 3. The van der Waals surface area contributed by atoms with Gasteiger partial charge in [0.2, 0.25) is 0 Å². The lowest BCUT2D eigenvalue weighted by molar-refractivity contribution is -0.274. The Kier molecular flexibility index (Phi) is 4.67. The maximum atomic E-state index is 12.7. The molecule has 0 heterocycles. The van der Waals surface area contributed by atoms with Gasteiger partial charge in [0.15, 0.2) is 0 Å². The lowest BCUT2D eigenvalue weighted by atomic mass is 10.1. The normalized spacial score (nSPS) is 11.2. The molecule has 0 aliphatic carbocycles. The minimum Gasteiger partial charge on any atom is -0.493 e. The van der Waals surface area contributed by atoms with Crippen molar-refractivity contribution in [1.82, 2.24) is 0 Å². The smallest absolute Gasteiger partial charge is 0.493 e. The third kappa shape index (κ3) is 4.98. The molecule has 6 heteroatoms. The van der Waals surface area contributed by atoms with Gasteiger partial charge in [0.25, 0.3) is 0 Å². The second-order valence-corrected chi connectivity index (χ2v) is 4.21. The molecule has 0 bridgehead atoms. The largest absolute Gasteiger partial charge is 0.573 e. The molecule has 21 heavy (non-hydrogen) atoms. The zero-order valence-corrected chi connectivity index (χ0v) is 10.9. The van der Waals surface area contributed by atoms with Gasteiger partial charge in [-0.15, -0.1) is 13.2 Å². The van der Waals surface area contributed by atoms with Crippen LogP contribution in [0.1, 0.15) is 5.56 Å². The Bertz CT molecular complexity index is 579. The zero-order valence-electron chi connectivity index (χ0n) is 10.9. The zero-order chi connectivity index (χ0) is 15.3. The molecular formula is C15H12F4O2. The summed E-state index contributed by atoms with van der Waals surface area (Å²) >= 11 is 0. The number of para-hydroxylation sites is 1. The molecule has 112 valence electrons. The van der Waals surface area contributed by atoms with Crippen LogP contribution in [0.3, 0.4) is 0 Å². The molecule has 2 aromatic rings. The summed E-state index contributed by atoms with van der Waals surface area (Å²) in [5.74, 6) is -0.176. The van der Waals surface area contributed by atoms with E-state index in [2.05, 4.69) is 4.74 Å². The van der Waals surface area contributed by atoms with Crippen LogP contribution in [-0.2, 0) is 6.42 Å². The summed E-state index contributed by atoms with van der Waals surface area (Å²) in [6.07, 6.45) is -4.49. The first-order valence-corrected chi connectivity index (χ1v) is 6.16. The maximum Gasteiger partial charge on any atom is 0.573 e. The molecule has 0 saturated heterocycles. The molecule has 0 aliphatic heterocycles. The highest BCUT2D eigenvalue weighted by Crippen LogP contribution is 2.26. The van der Waals surface area contributed by atoms with Gasteiger partial charge in [-0.2, -0.15) is 0 Å². The fraction of sp³-hybridized carbons (Fsp3) is 0.200. The number of rotatable bonds is 5. The molecular weight excluding hydrogens is 288 g/mol. The van der Waals surface area contributed by atoms with E-state index in [4.69, 9.17) is 4.74 Å². The third-order valence-corrected chi connectivity index (χ3v) is 2.65. The summed E-state index contributed by atoms with van der Waals surface area (Å²) in [6.45, 7) is 0.157.